The summed E-state index contributed by atoms with van der Waals surface area (Å²) in [5.74, 6) is -0.359. The van der Waals surface area contributed by atoms with Crippen LogP contribution in [0.15, 0.2) is 42.5 Å². The Morgan fingerprint density at radius 2 is 1.92 bits per heavy atom. The van der Waals surface area contributed by atoms with E-state index >= 15 is 0 Å². The van der Waals surface area contributed by atoms with Gasteiger partial charge in [-0.3, -0.25) is 4.79 Å². The molecule has 0 fully saturated rings. The normalized spacial score (nSPS) is 11.0. The van der Waals surface area contributed by atoms with E-state index in [9.17, 15) is 18.7 Å². The van der Waals surface area contributed by atoms with Crippen LogP contribution in [0.25, 0.3) is 6.08 Å². The first-order chi connectivity index (χ1) is 11.4. The molecule has 0 amide bonds. The average Bonchev–Trinajstić information content (AvgIpc) is 2.55. The molecule has 0 aliphatic rings. The van der Waals surface area contributed by atoms with E-state index < -0.39 is 6.61 Å². The molecule has 126 valence electrons. The Hall–Kier alpha value is -2.60. The first-order valence-electron chi connectivity index (χ1n) is 6.74. The fraction of sp³-hybridized carbons (Fsp3) is 0.118. The van der Waals surface area contributed by atoms with Crippen molar-refractivity contribution < 1.29 is 28.2 Å². The number of halogens is 3. The largest absolute Gasteiger partial charge is 0.503 e. The average molecular weight is 355 g/mol. The van der Waals surface area contributed by atoms with Crippen molar-refractivity contribution >= 4 is 23.5 Å². The standard InChI is InChI=1S/C17H13ClF2O4/c1-23-15-9-10(8-13(18)16(15)22)2-7-14(21)11-3-5-12(6-4-11)24-17(19)20/h2-9,17,22H,1H3/b7-2+. The van der Waals surface area contributed by atoms with Crippen molar-refractivity contribution in [3.8, 4) is 17.2 Å². The molecule has 0 radical (unpaired) electrons. The maximum atomic E-state index is 12.1. The number of allylic oxidation sites excluding steroid dienone is 1. The minimum Gasteiger partial charge on any atom is -0.503 e. The number of phenols is 1. The number of rotatable bonds is 6. The summed E-state index contributed by atoms with van der Waals surface area (Å²) in [7, 11) is 1.38. The van der Waals surface area contributed by atoms with Crippen molar-refractivity contribution in [3.63, 3.8) is 0 Å². The van der Waals surface area contributed by atoms with Crippen LogP contribution in [0, 0.1) is 0 Å². The summed E-state index contributed by atoms with van der Waals surface area (Å²) in [5, 5.41) is 9.75. The van der Waals surface area contributed by atoms with Crippen LogP contribution in [0.2, 0.25) is 5.02 Å². The van der Waals surface area contributed by atoms with E-state index in [0.717, 1.165) is 0 Å². The Morgan fingerprint density at radius 1 is 1.25 bits per heavy atom. The van der Waals surface area contributed by atoms with Gasteiger partial charge in [-0.05, 0) is 48.0 Å². The summed E-state index contributed by atoms with van der Waals surface area (Å²) < 4.78 is 33.3. The monoisotopic (exact) mass is 354 g/mol. The summed E-state index contributed by atoms with van der Waals surface area (Å²) >= 11 is 5.87. The smallest absolute Gasteiger partial charge is 0.387 e. The molecule has 0 atom stereocenters. The summed E-state index contributed by atoms with van der Waals surface area (Å²) in [6.45, 7) is -2.92. The lowest BCUT2D eigenvalue weighted by molar-refractivity contribution is -0.0498. The zero-order chi connectivity index (χ0) is 17.7. The number of hydrogen-bond donors (Lipinski definition) is 1. The predicted molar refractivity (Wildman–Crippen MR) is 86.1 cm³/mol. The van der Waals surface area contributed by atoms with Gasteiger partial charge in [0.15, 0.2) is 17.3 Å². The van der Waals surface area contributed by atoms with Crippen molar-refractivity contribution in [2.75, 3.05) is 7.11 Å². The van der Waals surface area contributed by atoms with Crippen LogP contribution in [0.4, 0.5) is 8.78 Å². The number of aromatic hydroxyl groups is 1. The van der Waals surface area contributed by atoms with Crippen molar-refractivity contribution in [1.29, 1.82) is 0 Å². The third-order valence-corrected chi connectivity index (χ3v) is 3.35. The van der Waals surface area contributed by atoms with Crippen LogP contribution in [0.1, 0.15) is 15.9 Å². The number of carbonyl (C=O) groups excluding carboxylic acids is 1. The maximum absolute atomic E-state index is 12.1. The molecule has 7 heteroatoms. The zero-order valence-corrected chi connectivity index (χ0v) is 13.3. The molecule has 0 unspecified atom stereocenters. The van der Waals surface area contributed by atoms with Gasteiger partial charge in [-0.15, -0.1) is 0 Å². The van der Waals surface area contributed by atoms with E-state index in [-0.39, 0.29) is 28.1 Å². The highest BCUT2D eigenvalue weighted by atomic mass is 35.5. The van der Waals surface area contributed by atoms with Gasteiger partial charge in [0.1, 0.15) is 5.75 Å². The molecule has 2 rings (SSSR count). The van der Waals surface area contributed by atoms with E-state index in [0.29, 0.717) is 11.1 Å². The molecule has 2 aromatic carbocycles. The van der Waals surface area contributed by atoms with Crippen LogP contribution in [-0.2, 0) is 0 Å². The first kappa shape index (κ1) is 17.7. The lowest BCUT2D eigenvalue weighted by Gasteiger charge is -2.06. The van der Waals surface area contributed by atoms with Gasteiger partial charge >= 0.3 is 6.61 Å². The second kappa shape index (κ2) is 7.79. The number of ether oxygens (including phenoxy) is 2. The molecule has 24 heavy (non-hydrogen) atoms. The van der Waals surface area contributed by atoms with E-state index in [1.165, 1.54) is 55.7 Å². The van der Waals surface area contributed by atoms with Crippen molar-refractivity contribution in [1.82, 2.24) is 0 Å². The SMILES string of the molecule is COc1cc(/C=C/C(=O)c2ccc(OC(F)F)cc2)cc(Cl)c1O. The summed E-state index contributed by atoms with van der Waals surface area (Å²) in [4.78, 5) is 12.1. The Balaban J connectivity index is 2.14. The Labute approximate surface area is 141 Å². The molecule has 0 aliphatic heterocycles. The lowest BCUT2D eigenvalue weighted by atomic mass is 10.1. The summed E-state index contributed by atoms with van der Waals surface area (Å²) in [6.07, 6.45) is 2.80. The second-order valence-electron chi connectivity index (χ2n) is 4.65. The van der Waals surface area contributed by atoms with Gasteiger partial charge in [0.25, 0.3) is 0 Å². The molecule has 0 spiro atoms. The molecule has 0 aliphatic carbocycles. The quantitative estimate of drug-likeness (QED) is 0.610. The molecule has 0 heterocycles. The van der Waals surface area contributed by atoms with E-state index in [1.807, 2.05) is 0 Å². The fourth-order valence-electron chi connectivity index (χ4n) is 1.91. The van der Waals surface area contributed by atoms with E-state index in [4.69, 9.17) is 16.3 Å². The highest BCUT2D eigenvalue weighted by Gasteiger charge is 2.09. The number of alkyl halides is 2. The highest BCUT2D eigenvalue weighted by Crippen LogP contribution is 2.35. The number of methoxy groups -OCH3 is 1. The number of benzene rings is 2. The van der Waals surface area contributed by atoms with Gasteiger partial charge in [0, 0.05) is 5.56 Å². The highest BCUT2D eigenvalue weighted by molar-refractivity contribution is 6.32. The van der Waals surface area contributed by atoms with Crippen molar-refractivity contribution in [2.24, 2.45) is 0 Å². The zero-order valence-electron chi connectivity index (χ0n) is 12.5. The van der Waals surface area contributed by atoms with Crippen LogP contribution in [-0.4, -0.2) is 24.6 Å². The Kier molecular flexibility index (Phi) is 5.76. The van der Waals surface area contributed by atoms with E-state index in [2.05, 4.69) is 4.74 Å². The van der Waals surface area contributed by atoms with Gasteiger partial charge < -0.3 is 14.6 Å². The number of ketones is 1. The molecule has 4 nitrogen and oxygen atoms in total. The minimum absolute atomic E-state index is 0.0272. The molecule has 0 saturated heterocycles. The number of hydrogen-bond acceptors (Lipinski definition) is 4. The van der Waals surface area contributed by atoms with Crippen molar-refractivity contribution in [3.05, 3.63) is 58.6 Å². The second-order valence-corrected chi connectivity index (χ2v) is 5.06. The summed E-state index contributed by atoms with van der Waals surface area (Å²) in [5.41, 5.74) is 0.866. The van der Waals surface area contributed by atoms with Gasteiger partial charge in [-0.25, -0.2) is 0 Å². The predicted octanol–water partition coefficient (Wildman–Crippen LogP) is 4.55. The number of carbonyl (C=O) groups is 1. The maximum Gasteiger partial charge on any atom is 0.387 e. The van der Waals surface area contributed by atoms with Gasteiger partial charge in [-0.2, -0.15) is 8.78 Å². The van der Waals surface area contributed by atoms with Gasteiger partial charge in [0.2, 0.25) is 0 Å². The summed E-state index contributed by atoms with van der Waals surface area (Å²) in [6, 6.07) is 8.33. The molecule has 0 saturated carbocycles. The van der Waals surface area contributed by atoms with Gasteiger partial charge in [0.05, 0.1) is 12.1 Å². The minimum atomic E-state index is -2.92. The van der Waals surface area contributed by atoms with Gasteiger partial charge in [-0.1, -0.05) is 17.7 Å². The Bertz CT molecular complexity index is 758. The molecular formula is C17H13ClF2O4. The molecule has 0 bridgehead atoms. The third kappa shape index (κ3) is 4.45. The van der Waals surface area contributed by atoms with Crippen LogP contribution in [0.3, 0.4) is 0 Å². The molecular weight excluding hydrogens is 342 g/mol. The van der Waals surface area contributed by atoms with E-state index in [1.54, 1.807) is 0 Å². The third-order valence-electron chi connectivity index (χ3n) is 3.06. The first-order valence-corrected chi connectivity index (χ1v) is 7.12. The fourth-order valence-corrected chi connectivity index (χ4v) is 2.13. The van der Waals surface area contributed by atoms with Crippen LogP contribution >= 0.6 is 11.6 Å². The molecule has 1 N–H and O–H groups in total. The van der Waals surface area contributed by atoms with Crippen molar-refractivity contribution in [2.45, 2.75) is 6.61 Å². The number of phenolic OH excluding ortho intramolecular Hbond substituents is 1. The van der Waals surface area contributed by atoms with Crippen LogP contribution in [0.5, 0.6) is 17.2 Å². The Morgan fingerprint density at radius 3 is 2.50 bits per heavy atom. The van der Waals surface area contributed by atoms with Crippen LogP contribution < -0.4 is 9.47 Å². The topological polar surface area (TPSA) is 55.8 Å². The molecule has 0 aromatic heterocycles. The molecule has 2 aromatic rings. The lowest BCUT2D eigenvalue weighted by Crippen LogP contribution is -2.02.